The van der Waals surface area contributed by atoms with E-state index in [2.05, 4.69) is 20.4 Å². The molecule has 1 fully saturated rings. The molecule has 1 unspecified atom stereocenters. The highest BCUT2D eigenvalue weighted by molar-refractivity contribution is 5.67. The molecular weight excluding hydrogens is 455 g/mol. The molecule has 8 nitrogen and oxygen atoms in total. The number of hydrogen-bond donors (Lipinski definition) is 3. The maximum absolute atomic E-state index is 12.4. The first-order valence-corrected chi connectivity index (χ1v) is 10.5. The average molecular weight is 477 g/mol. The molecule has 3 N–H and O–H groups in total. The molecule has 1 aliphatic heterocycles. The Morgan fingerprint density at radius 1 is 1.21 bits per heavy atom. The maximum atomic E-state index is 12.4. The molecule has 3 aromatic rings. The van der Waals surface area contributed by atoms with E-state index in [1.54, 1.807) is 12.3 Å². The van der Waals surface area contributed by atoms with Gasteiger partial charge in [0.2, 0.25) is 0 Å². The van der Waals surface area contributed by atoms with Gasteiger partial charge in [0.1, 0.15) is 18.0 Å². The molecule has 4 rings (SSSR count). The van der Waals surface area contributed by atoms with Crippen molar-refractivity contribution in [3.63, 3.8) is 0 Å². The summed E-state index contributed by atoms with van der Waals surface area (Å²) >= 11 is 0. The van der Waals surface area contributed by atoms with Gasteiger partial charge in [-0.3, -0.25) is 0 Å². The molecule has 0 bridgehead atoms. The van der Waals surface area contributed by atoms with E-state index in [1.807, 2.05) is 24.3 Å². The van der Waals surface area contributed by atoms with Gasteiger partial charge >= 0.3 is 12.5 Å². The summed E-state index contributed by atoms with van der Waals surface area (Å²) in [5, 5.41) is 15.9. The van der Waals surface area contributed by atoms with Crippen LogP contribution in [0, 0.1) is 0 Å². The number of alkyl carbamates (subject to hydrolysis) is 1. The minimum atomic E-state index is -4.80. The molecule has 0 aliphatic carbocycles. The van der Waals surface area contributed by atoms with Gasteiger partial charge < -0.3 is 29.6 Å². The molecule has 2 aromatic carbocycles. The van der Waals surface area contributed by atoms with Gasteiger partial charge in [-0.05, 0) is 29.7 Å². The number of amides is 1. The van der Waals surface area contributed by atoms with Crippen LogP contribution in [0.15, 0.2) is 65.5 Å². The van der Waals surface area contributed by atoms with Crippen molar-refractivity contribution in [2.24, 2.45) is 0 Å². The van der Waals surface area contributed by atoms with Gasteiger partial charge in [0.25, 0.3) is 0 Å². The van der Waals surface area contributed by atoms with E-state index in [0.29, 0.717) is 17.7 Å². The predicted octanol–water partition coefficient (Wildman–Crippen LogP) is 3.41. The van der Waals surface area contributed by atoms with Gasteiger partial charge in [-0.15, -0.1) is 13.2 Å². The number of carbonyl (C=O) groups excluding carboxylic acids is 1. The molecule has 0 radical (unpaired) electrons. The second-order valence-corrected chi connectivity index (χ2v) is 7.77. The first kappa shape index (κ1) is 23.6. The highest BCUT2D eigenvalue weighted by Crippen LogP contribution is 2.24. The number of ether oxygens (including phenoxy) is 2. The van der Waals surface area contributed by atoms with E-state index in [1.165, 1.54) is 24.6 Å². The molecule has 34 heavy (non-hydrogen) atoms. The Hall–Kier alpha value is -3.57. The number of benzene rings is 2. The average Bonchev–Trinajstić information content (AvgIpc) is 3.44. The van der Waals surface area contributed by atoms with Crippen LogP contribution in [0.4, 0.5) is 18.0 Å². The summed E-state index contributed by atoms with van der Waals surface area (Å²) in [6.45, 7) is 0.188. The monoisotopic (exact) mass is 477 g/mol. The zero-order valence-electron chi connectivity index (χ0n) is 17.8. The highest BCUT2D eigenvalue weighted by Gasteiger charge is 2.37. The summed E-state index contributed by atoms with van der Waals surface area (Å²) in [4.78, 5) is 16.2. The fourth-order valence-corrected chi connectivity index (χ4v) is 3.73. The second-order valence-electron chi connectivity index (χ2n) is 7.77. The van der Waals surface area contributed by atoms with Crippen LogP contribution in [0.2, 0.25) is 0 Å². The first-order valence-electron chi connectivity index (χ1n) is 10.5. The molecule has 3 atom stereocenters. The van der Waals surface area contributed by atoms with Crippen LogP contribution in [0.3, 0.4) is 0 Å². The molecule has 11 heteroatoms. The number of carbonyl (C=O) groups is 1. The number of rotatable bonds is 7. The smallest absolute Gasteiger partial charge is 0.444 e. The van der Waals surface area contributed by atoms with Crippen LogP contribution in [0.25, 0.3) is 11.3 Å². The lowest BCUT2D eigenvalue weighted by Gasteiger charge is -2.22. The van der Waals surface area contributed by atoms with Gasteiger partial charge in [-0.25, -0.2) is 9.78 Å². The fourth-order valence-electron chi connectivity index (χ4n) is 3.73. The van der Waals surface area contributed by atoms with E-state index in [9.17, 15) is 23.1 Å². The lowest BCUT2D eigenvalue weighted by molar-refractivity contribution is -0.274. The van der Waals surface area contributed by atoms with Crippen molar-refractivity contribution in [2.45, 2.75) is 37.6 Å². The van der Waals surface area contributed by atoms with E-state index >= 15 is 0 Å². The molecule has 0 spiro atoms. The second kappa shape index (κ2) is 10.1. The lowest BCUT2D eigenvalue weighted by atomic mass is 10.00. The number of β-amino-alcohol motifs (C(OH)–C–C–N with tert-alkyl or cyclic N) is 1. The molecule has 2 heterocycles. The van der Waals surface area contributed by atoms with Crippen molar-refractivity contribution < 1.29 is 37.0 Å². The molecule has 1 aromatic heterocycles. The van der Waals surface area contributed by atoms with Crippen LogP contribution in [0.1, 0.15) is 11.1 Å². The normalized spacial score (nSPS) is 20.2. The lowest BCUT2D eigenvalue weighted by Crippen LogP contribution is -2.41. The van der Waals surface area contributed by atoms with Crippen molar-refractivity contribution in [1.82, 2.24) is 15.6 Å². The minimum absolute atomic E-state index is 0.0715. The number of oxazole rings is 1. The van der Waals surface area contributed by atoms with Crippen molar-refractivity contribution >= 4 is 6.09 Å². The molecule has 180 valence electrons. The van der Waals surface area contributed by atoms with Crippen LogP contribution >= 0.6 is 0 Å². The van der Waals surface area contributed by atoms with Crippen LogP contribution < -0.4 is 15.4 Å². The topological polar surface area (TPSA) is 106 Å². The molecular formula is C23H22F3N3O5. The van der Waals surface area contributed by atoms with Gasteiger partial charge in [0.15, 0.2) is 12.2 Å². The quantitative estimate of drug-likeness (QED) is 0.479. The van der Waals surface area contributed by atoms with Crippen molar-refractivity contribution in [1.29, 1.82) is 0 Å². The number of halogens is 3. The largest absolute Gasteiger partial charge is 0.573 e. The SMILES string of the molecule is O=C(NCc1cccc(OC(F)(F)F)c1)O[C@@H]1C(O)CN[C@@H]1Cc1ccc(-c2cnco2)cc1. The minimum Gasteiger partial charge on any atom is -0.444 e. The van der Waals surface area contributed by atoms with E-state index in [-0.39, 0.29) is 24.9 Å². The molecule has 0 saturated carbocycles. The Kier molecular flexibility index (Phi) is 7.03. The van der Waals surface area contributed by atoms with Crippen molar-refractivity contribution in [2.75, 3.05) is 6.54 Å². The van der Waals surface area contributed by atoms with E-state index in [4.69, 9.17) is 9.15 Å². The molecule has 1 saturated heterocycles. The third kappa shape index (κ3) is 6.27. The van der Waals surface area contributed by atoms with E-state index < -0.39 is 24.7 Å². The number of aliphatic hydroxyl groups is 1. The number of alkyl halides is 3. The maximum Gasteiger partial charge on any atom is 0.573 e. The van der Waals surface area contributed by atoms with Gasteiger partial charge in [0.05, 0.1) is 12.2 Å². The molecule has 1 aliphatic rings. The van der Waals surface area contributed by atoms with Crippen LogP contribution in [-0.4, -0.2) is 47.3 Å². The number of nitrogens with zero attached hydrogens (tertiary/aromatic N) is 1. The number of aliphatic hydroxyl groups excluding tert-OH is 1. The first-order chi connectivity index (χ1) is 16.3. The fraction of sp³-hybridized carbons (Fsp3) is 0.304. The van der Waals surface area contributed by atoms with Crippen LogP contribution in [-0.2, 0) is 17.7 Å². The highest BCUT2D eigenvalue weighted by atomic mass is 19.4. The third-order valence-corrected chi connectivity index (χ3v) is 5.30. The summed E-state index contributed by atoms with van der Waals surface area (Å²) in [7, 11) is 0. The zero-order chi connectivity index (χ0) is 24.1. The summed E-state index contributed by atoms with van der Waals surface area (Å²) in [6, 6.07) is 12.6. The van der Waals surface area contributed by atoms with Gasteiger partial charge in [-0.1, -0.05) is 36.4 Å². The standard InChI is InChI=1S/C23H22F3N3O5/c24-23(25,26)34-17-3-1-2-15(8-17)10-29-22(31)33-21-18(28-11-19(21)30)9-14-4-6-16(7-5-14)20-12-27-13-32-20/h1-8,12-13,18-19,21,28,30H,9-11H2,(H,29,31)/t18-,19?,21+/m1/s1. The zero-order valence-corrected chi connectivity index (χ0v) is 17.8. The van der Waals surface area contributed by atoms with Crippen molar-refractivity contribution in [3.05, 3.63) is 72.2 Å². The Bertz CT molecular complexity index is 1090. The number of aromatic nitrogens is 1. The summed E-state index contributed by atoms with van der Waals surface area (Å²) in [5.41, 5.74) is 2.23. The van der Waals surface area contributed by atoms with E-state index in [0.717, 1.165) is 11.1 Å². The van der Waals surface area contributed by atoms with Gasteiger partial charge in [0, 0.05) is 18.7 Å². The Morgan fingerprint density at radius 2 is 2.00 bits per heavy atom. The molecule has 1 amide bonds. The summed E-state index contributed by atoms with van der Waals surface area (Å²) < 4.78 is 51.7. The Labute approximate surface area is 192 Å². The Balaban J connectivity index is 1.31. The predicted molar refractivity (Wildman–Crippen MR) is 114 cm³/mol. The number of nitrogens with one attached hydrogen (secondary N) is 2. The third-order valence-electron chi connectivity index (χ3n) is 5.30. The van der Waals surface area contributed by atoms with Crippen LogP contribution in [0.5, 0.6) is 5.75 Å². The summed E-state index contributed by atoms with van der Waals surface area (Å²) in [5.74, 6) is 0.263. The summed E-state index contributed by atoms with van der Waals surface area (Å²) in [6.07, 6.45) is -3.81. The Morgan fingerprint density at radius 3 is 2.71 bits per heavy atom. The van der Waals surface area contributed by atoms with Gasteiger partial charge in [-0.2, -0.15) is 0 Å². The van der Waals surface area contributed by atoms with Crippen molar-refractivity contribution in [3.8, 4) is 17.1 Å². The number of hydrogen-bond acceptors (Lipinski definition) is 7.